The van der Waals surface area contributed by atoms with Crippen LogP contribution in [0.25, 0.3) is 72.3 Å². The molecule has 3 heterocycles. The first-order valence-corrected chi connectivity index (χ1v) is 24.4. The summed E-state index contributed by atoms with van der Waals surface area (Å²) in [7, 11) is 0. The fraction of sp³-hybridized carbons (Fsp3) is 0.294. The number of nitrogens with zero attached hydrogens (tertiary/aromatic N) is 4. The van der Waals surface area contributed by atoms with Gasteiger partial charge in [-0.2, -0.15) is 0 Å². The van der Waals surface area contributed by atoms with E-state index in [1.165, 1.54) is 4.57 Å². The largest absolute Gasteiger partial charge is 0.458 e. The van der Waals surface area contributed by atoms with Crippen molar-refractivity contribution in [1.29, 1.82) is 0 Å². The van der Waals surface area contributed by atoms with E-state index in [-0.39, 0.29) is 33.3 Å². The van der Waals surface area contributed by atoms with Crippen molar-refractivity contribution in [2.45, 2.75) is 129 Å². The lowest BCUT2D eigenvalue weighted by molar-refractivity contribution is -0.571. The highest BCUT2D eigenvalue weighted by molar-refractivity contribution is 6.09. The Bertz CT molecular complexity index is 4900. The SMILES string of the molecule is [2H]c1c([2H])c([2H])c(-c2cc3c(c(-c4c([2H])c([2H])c5c(c4[2H])C(C([2H])([2H])[2H])(C([2H])([2H])[2H])C([2H])([2H])C([2H])([2H])C5(C([2H])([2H])[2H])C([2H])([2H])[2H])c2-[n+]2[c-]n(-c4cccc(Oc5ccc6c7ccccc7n(-c7cc(C(C)(C)C)ccn7)c6c5)c4)c4ccccc42)C(C)(C)CCC3(C)C)c([2H])c1[2H]. The molecule has 73 heavy (non-hydrogen) atoms. The topological polar surface area (TPSA) is 35.9 Å². The molecular weight excluding hydrogens is 889 g/mol. The Morgan fingerprint density at radius 2 is 1.37 bits per heavy atom. The van der Waals surface area contributed by atoms with Crippen molar-refractivity contribution in [3.8, 4) is 50.9 Å². The maximum absolute atomic E-state index is 10.7. The van der Waals surface area contributed by atoms with Crippen molar-refractivity contribution in [3.05, 3.63) is 198 Å². The van der Waals surface area contributed by atoms with Crippen molar-refractivity contribution in [1.82, 2.24) is 14.1 Å². The van der Waals surface area contributed by atoms with Gasteiger partial charge in [-0.1, -0.05) is 179 Å². The van der Waals surface area contributed by atoms with Gasteiger partial charge in [0.15, 0.2) is 0 Å². The van der Waals surface area contributed by atoms with Crippen molar-refractivity contribution in [2.75, 3.05) is 0 Å². The number of aromatic nitrogens is 4. The smallest absolute Gasteiger partial charge is 0.269 e. The van der Waals surface area contributed by atoms with Crippen LogP contribution >= 0.6 is 0 Å². The Labute approximate surface area is 465 Å². The van der Waals surface area contributed by atoms with Gasteiger partial charge in [0.2, 0.25) is 0 Å². The van der Waals surface area contributed by atoms with Crippen LogP contribution < -0.4 is 9.30 Å². The maximum atomic E-state index is 10.7. The number of pyridine rings is 1. The van der Waals surface area contributed by atoms with Crippen LogP contribution in [0, 0.1) is 6.33 Å². The highest BCUT2D eigenvalue weighted by Crippen LogP contribution is 2.54. The average molecular weight is 981 g/mol. The van der Waals surface area contributed by atoms with Crippen LogP contribution in [0.15, 0.2) is 164 Å². The second-order valence-electron chi connectivity index (χ2n) is 21.6. The molecule has 7 aromatic carbocycles. The van der Waals surface area contributed by atoms with Crippen LogP contribution in [0.3, 0.4) is 0 Å². The van der Waals surface area contributed by atoms with Gasteiger partial charge in [0.1, 0.15) is 17.3 Å². The predicted octanol–water partition coefficient (Wildman–Crippen LogP) is 17.3. The highest BCUT2D eigenvalue weighted by atomic mass is 16.5. The Kier molecular flexibility index (Phi) is 6.19. The van der Waals surface area contributed by atoms with E-state index in [1.54, 1.807) is 79.2 Å². The van der Waals surface area contributed by atoms with Gasteiger partial charge in [0, 0.05) is 45.0 Å². The van der Waals surface area contributed by atoms with Crippen LogP contribution in [-0.2, 0) is 27.1 Å². The quantitative estimate of drug-likeness (QED) is 0.118. The van der Waals surface area contributed by atoms with Crippen LogP contribution in [0.1, 0.15) is 162 Å². The van der Waals surface area contributed by atoms with Crippen molar-refractivity contribution in [2.24, 2.45) is 0 Å². The second-order valence-corrected chi connectivity index (χ2v) is 21.6. The normalized spacial score (nSPS) is 23.5. The Balaban J connectivity index is 1.21. The van der Waals surface area contributed by atoms with Gasteiger partial charge in [-0.15, -0.1) is 0 Å². The molecule has 0 saturated carbocycles. The van der Waals surface area contributed by atoms with E-state index >= 15 is 0 Å². The summed E-state index contributed by atoms with van der Waals surface area (Å²) in [5.41, 5.74) is -12.3. The molecule has 0 unspecified atom stereocenters. The summed E-state index contributed by atoms with van der Waals surface area (Å²) in [6, 6.07) is 25.0. The number of hydrogen-bond donors (Lipinski definition) is 0. The number of imidazole rings is 1. The summed E-state index contributed by atoms with van der Waals surface area (Å²) in [6.45, 7) is -3.72. The van der Waals surface area contributed by atoms with Crippen LogP contribution in [-0.4, -0.2) is 14.1 Å². The molecule has 0 saturated heterocycles. The van der Waals surface area contributed by atoms with Crippen LogP contribution in [0.5, 0.6) is 11.5 Å². The Hall–Kier alpha value is -7.24. The molecular formula is C68H68N4O. The number of benzene rings is 7. The summed E-state index contributed by atoms with van der Waals surface area (Å²) in [6.07, 6.45) is -3.34. The molecule has 12 rings (SSSR count). The zero-order valence-corrected chi connectivity index (χ0v) is 41.6. The molecule has 0 amide bonds. The molecule has 0 N–H and O–H groups in total. The summed E-state index contributed by atoms with van der Waals surface area (Å²) >= 11 is 0. The van der Waals surface area contributed by atoms with E-state index in [0.717, 1.165) is 27.4 Å². The molecule has 0 bridgehead atoms. The first kappa shape index (κ1) is 27.2. The lowest BCUT2D eigenvalue weighted by atomic mass is 9.60. The third-order valence-corrected chi connectivity index (χ3v) is 14.7. The molecule has 5 heteroatoms. The van der Waals surface area contributed by atoms with E-state index in [2.05, 4.69) is 37.7 Å². The molecule has 0 spiro atoms. The van der Waals surface area contributed by atoms with Crippen LogP contribution in [0.4, 0.5) is 0 Å². The van der Waals surface area contributed by atoms with Gasteiger partial charge in [-0.3, -0.25) is 13.7 Å². The van der Waals surface area contributed by atoms with E-state index in [0.29, 0.717) is 46.9 Å². The third-order valence-electron chi connectivity index (χ3n) is 14.7. The number of fused-ring (bicyclic) bond motifs is 6. The molecule has 0 aliphatic heterocycles. The van der Waals surface area contributed by atoms with Gasteiger partial charge in [0.05, 0.1) is 44.4 Å². The molecule has 2 aliphatic carbocycles. The predicted molar refractivity (Wildman–Crippen MR) is 302 cm³/mol. The minimum Gasteiger partial charge on any atom is -0.458 e. The Morgan fingerprint density at radius 1 is 0.658 bits per heavy atom. The standard InChI is InChI=1S/C68H68N4O/c1-64(2,3)46-32-37-69-60(39-46)72-56-25-16-15-24-50(56)51-30-29-49(41-59(51)72)73-48-23-19-22-47(40-48)70-43-71(58-27-18-17-26-57(58)70)63-52(44-20-13-12-14-21-44)42-55-62(68(10,11)36-35-67(55,8)9)61(63)45-28-31-53-54(38-45)66(6,7)34-33-65(53,4)5/h12-32,37-42H,33-36H2,1-11H3/i4D3,5D3,6D3,7D3,12D,13D,14D,20D,21D,28D,31D,33D2,34D2,38D. The average Bonchev–Trinajstić information content (AvgIpc) is 1.58. The van der Waals surface area contributed by atoms with E-state index < -0.39 is 132 Å². The monoisotopic (exact) mass is 981 g/mol. The zero-order valence-electron chi connectivity index (χ0n) is 65.6. The van der Waals surface area contributed by atoms with E-state index in [1.807, 2.05) is 62.4 Å². The van der Waals surface area contributed by atoms with Gasteiger partial charge < -0.3 is 4.74 Å². The molecule has 0 radical (unpaired) electrons. The number of rotatable bonds is 7. The van der Waals surface area contributed by atoms with Crippen molar-refractivity contribution < 1.29 is 42.2 Å². The summed E-state index contributed by atoms with van der Waals surface area (Å²) in [5.74, 6) is 1.48. The van der Waals surface area contributed by atoms with Gasteiger partial charge >= 0.3 is 0 Å². The summed E-state index contributed by atoms with van der Waals surface area (Å²) < 4.78 is 237. The lowest BCUT2D eigenvalue weighted by Gasteiger charge is -2.45. The molecule has 10 aromatic rings. The molecule has 0 atom stereocenters. The summed E-state index contributed by atoms with van der Waals surface area (Å²) in [4.78, 5) is 4.83. The maximum Gasteiger partial charge on any atom is 0.269 e. The zero-order chi connectivity index (χ0) is 71.4. The second kappa shape index (κ2) is 16.6. The fourth-order valence-electron chi connectivity index (χ4n) is 10.8. The first-order valence-electron chi connectivity index (χ1n) is 36.4. The van der Waals surface area contributed by atoms with Gasteiger partial charge in [-0.05, 0) is 151 Å². The van der Waals surface area contributed by atoms with Gasteiger partial charge in [0.25, 0.3) is 6.33 Å². The minimum atomic E-state index is -4.63. The number of para-hydroxylation sites is 3. The number of ether oxygens (including phenoxy) is 1. The molecule has 3 aromatic heterocycles. The fourth-order valence-corrected chi connectivity index (χ4v) is 10.8. The van der Waals surface area contributed by atoms with Crippen molar-refractivity contribution in [3.63, 3.8) is 0 Å². The molecule has 5 nitrogen and oxygen atoms in total. The lowest BCUT2D eigenvalue weighted by Crippen LogP contribution is -2.38. The highest BCUT2D eigenvalue weighted by Gasteiger charge is 2.42. The molecule has 0 fully saturated rings. The molecule has 2 aliphatic rings. The third kappa shape index (κ3) is 7.81. The first-order chi connectivity index (χ1) is 44.7. The number of hydrogen-bond acceptors (Lipinski definition) is 2. The summed E-state index contributed by atoms with van der Waals surface area (Å²) in [5, 5.41) is 1.93. The van der Waals surface area contributed by atoms with Crippen LogP contribution in [0.2, 0.25) is 0 Å². The van der Waals surface area contributed by atoms with E-state index in [4.69, 9.17) is 22.1 Å². The van der Waals surface area contributed by atoms with Crippen molar-refractivity contribution >= 4 is 32.8 Å². The molecule has 366 valence electrons. The Morgan fingerprint density at radius 3 is 2.15 bits per heavy atom. The van der Waals surface area contributed by atoms with E-state index in [9.17, 15) is 20.6 Å². The minimum absolute atomic E-state index is 0.184. The van der Waals surface area contributed by atoms with Gasteiger partial charge in [-0.25, -0.2) is 4.98 Å².